The summed E-state index contributed by atoms with van der Waals surface area (Å²) in [7, 11) is 3.30. The Hall–Kier alpha value is 0.675. The molecule has 0 amide bonds. The van der Waals surface area contributed by atoms with Gasteiger partial charge in [-0.3, -0.25) is 0 Å². The van der Waals surface area contributed by atoms with Gasteiger partial charge in [-0.25, -0.2) is 8.42 Å². The molecule has 0 spiro atoms. The van der Waals surface area contributed by atoms with Crippen LogP contribution in [0, 0.1) is 0 Å². The molecule has 0 rings (SSSR count). The molecule has 0 unspecified atom stereocenters. The largest absolute Gasteiger partial charge is 0.278 e. The van der Waals surface area contributed by atoms with E-state index >= 15 is 0 Å². The zero-order chi connectivity index (χ0) is 6.62. The Morgan fingerprint density at radius 1 is 1.62 bits per heavy atom. The summed E-state index contributed by atoms with van der Waals surface area (Å²) in [5.74, 6) is 0. The molecule has 0 heterocycles. The maximum Gasteiger partial charge on any atom is 0.278 e. The fourth-order valence-electron chi connectivity index (χ4n) is 0.0814. The van der Waals surface area contributed by atoms with Gasteiger partial charge in [0.05, 0.1) is 0 Å². The normalized spacial score (nSPS) is 11.6. The summed E-state index contributed by atoms with van der Waals surface area (Å²) in [6.07, 6.45) is 1.74. The highest BCUT2D eigenvalue weighted by molar-refractivity contribution is 8.77. The molecule has 0 aliphatic carbocycles. The molecule has 46 valence electrons. The lowest BCUT2D eigenvalue weighted by atomic mass is 10.8. The Morgan fingerprint density at radius 3 is 2.25 bits per heavy atom. The minimum atomic E-state index is -3.49. The topological polar surface area (TPSA) is 46.2 Å². The molecule has 0 aromatic rings. The van der Waals surface area contributed by atoms with Crippen LogP contribution in [0.15, 0.2) is 0 Å². The third-order valence-corrected chi connectivity index (χ3v) is 2.71. The fraction of sp³-hybridized carbons (Fsp3) is 1.00. The van der Waals surface area contributed by atoms with Gasteiger partial charge in [0, 0.05) is 11.0 Å². The van der Waals surface area contributed by atoms with Gasteiger partial charge in [-0.15, -0.1) is 0 Å². The molecule has 0 aliphatic heterocycles. The average Bonchev–Trinajstić information content (AvgIpc) is 1.59. The third kappa shape index (κ3) is 6.67. The first-order valence-electron chi connectivity index (χ1n) is 1.55. The molecule has 0 fully saturated rings. The summed E-state index contributed by atoms with van der Waals surface area (Å²) in [5, 5.41) is 0. The Kier molecular flexibility index (Phi) is 3.96. The van der Waals surface area contributed by atoms with Crippen molar-refractivity contribution in [3.63, 3.8) is 0 Å². The number of hydrogen-bond donors (Lipinski definition) is 1. The molecule has 0 aromatic carbocycles. The SMILES string of the molecule is [B]S(=O)(=O)NSSC. The molecule has 8 heavy (non-hydrogen) atoms. The number of nitrogens with one attached hydrogen (secondary N) is 1. The zero-order valence-electron chi connectivity index (χ0n) is 4.12. The quantitative estimate of drug-likeness (QED) is 0.364. The van der Waals surface area contributed by atoms with Gasteiger partial charge in [0.2, 0.25) is 0 Å². The Bertz CT molecular complexity index is 141. The predicted octanol–water partition coefficient (Wildman–Crippen LogP) is -0.0845. The molecule has 0 aromatic heterocycles. The van der Waals surface area contributed by atoms with E-state index in [0.29, 0.717) is 0 Å². The molecule has 0 bridgehead atoms. The summed E-state index contributed by atoms with van der Waals surface area (Å²) in [5.41, 5.74) is 0. The van der Waals surface area contributed by atoms with Gasteiger partial charge >= 0.3 is 0 Å². The Morgan fingerprint density at radius 2 is 2.12 bits per heavy atom. The highest BCUT2D eigenvalue weighted by Gasteiger charge is 1.96. The van der Waals surface area contributed by atoms with E-state index in [1.54, 1.807) is 6.26 Å². The van der Waals surface area contributed by atoms with Crippen molar-refractivity contribution in [1.82, 2.24) is 4.13 Å². The zero-order valence-corrected chi connectivity index (χ0v) is 6.57. The standard InChI is InChI=1S/CH4BNO2S3/c1-6-7-3-8(2,4)5/h3H,1H3. The van der Waals surface area contributed by atoms with Gasteiger partial charge in [-0.05, 0) is 6.26 Å². The van der Waals surface area contributed by atoms with Crippen LogP contribution in [0.25, 0.3) is 0 Å². The van der Waals surface area contributed by atoms with E-state index in [9.17, 15) is 8.42 Å². The van der Waals surface area contributed by atoms with Crippen LogP contribution in [0.5, 0.6) is 0 Å². The van der Waals surface area contributed by atoms with Crippen molar-refractivity contribution in [2.45, 2.75) is 0 Å². The van der Waals surface area contributed by atoms with Gasteiger partial charge in [-0.2, -0.15) is 4.13 Å². The minimum Gasteiger partial charge on any atom is -0.226 e. The van der Waals surface area contributed by atoms with Crippen LogP contribution in [-0.2, 0) is 9.87 Å². The first kappa shape index (κ1) is 8.67. The van der Waals surface area contributed by atoms with Crippen molar-refractivity contribution in [3.8, 4) is 0 Å². The van der Waals surface area contributed by atoms with E-state index in [0.717, 1.165) is 11.0 Å². The maximum absolute atomic E-state index is 10.0. The Balaban J connectivity index is 3.42. The van der Waals surface area contributed by atoms with Crippen LogP contribution < -0.4 is 4.13 Å². The molecule has 7 heteroatoms. The van der Waals surface area contributed by atoms with E-state index in [-0.39, 0.29) is 0 Å². The first-order chi connectivity index (χ1) is 3.56. The number of rotatable bonds is 3. The monoisotopic (exact) mass is 169 g/mol. The van der Waals surface area contributed by atoms with Crippen molar-refractivity contribution in [2.75, 3.05) is 6.26 Å². The van der Waals surface area contributed by atoms with Crippen LogP contribution in [0.2, 0.25) is 0 Å². The summed E-state index contributed by atoms with van der Waals surface area (Å²) in [4.78, 5) is 0. The minimum absolute atomic E-state index is 0.969. The predicted molar refractivity (Wildman–Crippen MR) is 38.9 cm³/mol. The average molecular weight is 169 g/mol. The number of hydrogen-bond acceptors (Lipinski definition) is 4. The molecule has 0 atom stereocenters. The van der Waals surface area contributed by atoms with Crippen molar-refractivity contribution < 1.29 is 8.42 Å². The van der Waals surface area contributed by atoms with E-state index in [1.807, 2.05) is 4.13 Å². The van der Waals surface area contributed by atoms with Crippen LogP contribution in [0.1, 0.15) is 0 Å². The second-order valence-corrected chi connectivity index (χ2v) is 4.64. The highest BCUT2D eigenvalue weighted by atomic mass is 33.1. The van der Waals surface area contributed by atoms with Gasteiger partial charge in [0.15, 0.2) is 9.87 Å². The van der Waals surface area contributed by atoms with Gasteiger partial charge in [-0.1, -0.05) is 10.8 Å². The smallest absolute Gasteiger partial charge is 0.226 e. The highest BCUT2D eigenvalue weighted by Crippen LogP contribution is 2.11. The lowest BCUT2D eigenvalue weighted by molar-refractivity contribution is 0.608. The van der Waals surface area contributed by atoms with Crippen molar-refractivity contribution in [3.05, 3.63) is 0 Å². The van der Waals surface area contributed by atoms with E-state index in [1.165, 1.54) is 10.8 Å². The van der Waals surface area contributed by atoms with E-state index in [4.69, 9.17) is 0 Å². The molecular weight excluding hydrogens is 165 g/mol. The Labute approximate surface area is 57.9 Å². The second-order valence-electron chi connectivity index (χ2n) is 0.878. The van der Waals surface area contributed by atoms with Crippen LogP contribution in [-0.4, -0.2) is 21.8 Å². The molecule has 0 saturated heterocycles. The lowest BCUT2D eigenvalue weighted by Crippen LogP contribution is -2.13. The summed E-state index contributed by atoms with van der Waals surface area (Å²) >= 11 is 0. The lowest BCUT2D eigenvalue weighted by Gasteiger charge is -1.94. The maximum atomic E-state index is 10.0. The molecule has 3 nitrogen and oxygen atoms in total. The van der Waals surface area contributed by atoms with Gasteiger partial charge < -0.3 is 0 Å². The van der Waals surface area contributed by atoms with Crippen LogP contribution in [0.3, 0.4) is 0 Å². The van der Waals surface area contributed by atoms with E-state index in [2.05, 4.69) is 7.12 Å². The van der Waals surface area contributed by atoms with Gasteiger partial charge in [0.25, 0.3) is 7.12 Å². The summed E-state index contributed by atoms with van der Waals surface area (Å²) in [6, 6.07) is 0. The summed E-state index contributed by atoms with van der Waals surface area (Å²) < 4.78 is 22.0. The fourth-order valence-corrected chi connectivity index (χ4v) is 2.20. The van der Waals surface area contributed by atoms with Crippen molar-refractivity contribution in [2.24, 2.45) is 0 Å². The van der Waals surface area contributed by atoms with Crippen molar-refractivity contribution >= 4 is 38.8 Å². The van der Waals surface area contributed by atoms with Gasteiger partial charge in [0.1, 0.15) is 0 Å². The summed E-state index contributed by atoms with van der Waals surface area (Å²) in [6.45, 7) is 0. The molecular formula is CH4BNO2S3. The molecule has 0 saturated carbocycles. The van der Waals surface area contributed by atoms with E-state index < -0.39 is 9.87 Å². The van der Waals surface area contributed by atoms with Crippen LogP contribution in [0.4, 0.5) is 0 Å². The molecule has 2 radical (unpaired) electrons. The molecule has 1 N–H and O–H groups in total. The first-order valence-corrected chi connectivity index (χ1v) is 5.66. The second kappa shape index (κ2) is 3.65. The third-order valence-electron chi connectivity index (χ3n) is 0.234. The molecule has 0 aliphatic rings. The van der Waals surface area contributed by atoms with Crippen LogP contribution >= 0.6 is 21.8 Å². The van der Waals surface area contributed by atoms with Crippen molar-refractivity contribution in [1.29, 1.82) is 0 Å².